The van der Waals surface area contributed by atoms with Crippen molar-refractivity contribution in [3.05, 3.63) is 59.9 Å². The van der Waals surface area contributed by atoms with Crippen LogP contribution in [-0.4, -0.2) is 25.4 Å². The first-order valence-electron chi connectivity index (χ1n) is 8.84. The molecule has 26 heavy (non-hydrogen) atoms. The fraction of sp³-hybridized carbons (Fsp3) is 0.368. The van der Waals surface area contributed by atoms with Crippen LogP contribution in [-0.2, 0) is 16.6 Å². The van der Waals surface area contributed by atoms with E-state index in [1.165, 1.54) is 18.6 Å². The lowest BCUT2D eigenvalue weighted by molar-refractivity contribution is 0.0927. The largest absolute Gasteiger partial charge is 0.349 e. The first-order valence-corrected chi connectivity index (χ1v) is 10.3. The van der Waals surface area contributed by atoms with Gasteiger partial charge in [0.25, 0.3) is 5.91 Å². The minimum atomic E-state index is -3.63. The molecular weight excluding hydrogens is 350 g/mol. The highest BCUT2D eigenvalue weighted by molar-refractivity contribution is 7.89. The Labute approximate surface area is 154 Å². The smallest absolute Gasteiger partial charge is 0.251 e. The number of aromatic nitrogens is 1. The number of benzene rings is 1. The van der Waals surface area contributed by atoms with E-state index >= 15 is 0 Å². The second kappa shape index (κ2) is 8.42. The summed E-state index contributed by atoms with van der Waals surface area (Å²) in [6.45, 7) is 0.189. The van der Waals surface area contributed by atoms with Gasteiger partial charge in [0.2, 0.25) is 10.0 Å². The molecule has 2 N–H and O–H groups in total. The number of nitrogens with zero attached hydrogens (tertiary/aromatic N) is 1. The molecule has 6 nitrogen and oxygen atoms in total. The Kier molecular flexibility index (Phi) is 6.00. The second-order valence-electron chi connectivity index (χ2n) is 6.51. The highest BCUT2D eigenvalue weighted by Crippen LogP contribution is 2.18. The van der Waals surface area contributed by atoms with Crippen molar-refractivity contribution in [2.75, 3.05) is 0 Å². The van der Waals surface area contributed by atoms with Crippen molar-refractivity contribution in [3.8, 4) is 0 Å². The van der Waals surface area contributed by atoms with Crippen LogP contribution in [0, 0.1) is 0 Å². The average molecular weight is 373 g/mol. The van der Waals surface area contributed by atoms with Crippen LogP contribution in [0.1, 0.15) is 48.0 Å². The molecule has 0 aliphatic heterocycles. The molecule has 0 radical (unpaired) electrons. The lowest BCUT2D eigenvalue weighted by Crippen LogP contribution is -2.36. The number of rotatable bonds is 6. The maximum absolute atomic E-state index is 12.4. The fourth-order valence-electron chi connectivity index (χ4n) is 3.06. The molecule has 0 spiro atoms. The van der Waals surface area contributed by atoms with Gasteiger partial charge < -0.3 is 5.32 Å². The fourth-order valence-corrected chi connectivity index (χ4v) is 4.08. The van der Waals surface area contributed by atoms with Gasteiger partial charge in [-0.25, -0.2) is 13.1 Å². The molecule has 3 rings (SSSR count). The molecule has 2 aromatic rings. The van der Waals surface area contributed by atoms with E-state index in [4.69, 9.17) is 0 Å². The van der Waals surface area contributed by atoms with E-state index in [9.17, 15) is 13.2 Å². The zero-order valence-corrected chi connectivity index (χ0v) is 15.3. The maximum Gasteiger partial charge on any atom is 0.251 e. The molecule has 0 atom stereocenters. The van der Waals surface area contributed by atoms with Gasteiger partial charge in [0, 0.05) is 30.5 Å². The van der Waals surface area contributed by atoms with Crippen molar-refractivity contribution >= 4 is 15.9 Å². The van der Waals surface area contributed by atoms with Crippen LogP contribution in [0.4, 0.5) is 0 Å². The molecule has 1 aliphatic rings. The summed E-state index contributed by atoms with van der Waals surface area (Å²) in [5.41, 5.74) is 1.30. The molecule has 0 bridgehead atoms. The Morgan fingerprint density at radius 3 is 2.31 bits per heavy atom. The number of hydrogen-bond acceptors (Lipinski definition) is 4. The van der Waals surface area contributed by atoms with Gasteiger partial charge in [-0.2, -0.15) is 0 Å². The number of carbonyl (C=O) groups excluding carboxylic acids is 1. The number of hydrogen-bond donors (Lipinski definition) is 2. The zero-order chi connectivity index (χ0) is 18.4. The topological polar surface area (TPSA) is 88.2 Å². The van der Waals surface area contributed by atoms with E-state index in [1.54, 1.807) is 36.7 Å². The number of amides is 1. The van der Waals surface area contributed by atoms with Crippen LogP contribution < -0.4 is 10.0 Å². The maximum atomic E-state index is 12.4. The summed E-state index contributed by atoms with van der Waals surface area (Å²) in [5.74, 6) is -0.148. The summed E-state index contributed by atoms with van der Waals surface area (Å²) in [6, 6.07) is 9.76. The lowest BCUT2D eigenvalue weighted by atomic mass is 9.95. The molecule has 1 aromatic carbocycles. The summed E-state index contributed by atoms with van der Waals surface area (Å²) < 4.78 is 27.3. The number of sulfonamides is 1. The Bertz CT molecular complexity index is 830. The highest BCUT2D eigenvalue weighted by atomic mass is 32.2. The van der Waals surface area contributed by atoms with Crippen LogP contribution in [0.5, 0.6) is 0 Å². The molecule has 1 aliphatic carbocycles. The zero-order valence-electron chi connectivity index (χ0n) is 14.5. The van der Waals surface area contributed by atoms with Crippen LogP contribution in [0.15, 0.2) is 53.7 Å². The molecule has 0 saturated heterocycles. The number of nitrogens with one attached hydrogen (secondary N) is 2. The number of carbonyl (C=O) groups is 1. The van der Waals surface area contributed by atoms with E-state index in [0.717, 1.165) is 31.2 Å². The van der Waals surface area contributed by atoms with Gasteiger partial charge in [-0.3, -0.25) is 9.78 Å². The third-order valence-corrected chi connectivity index (χ3v) is 6.00. The van der Waals surface area contributed by atoms with Gasteiger partial charge in [-0.15, -0.1) is 0 Å². The van der Waals surface area contributed by atoms with E-state index < -0.39 is 10.0 Å². The SMILES string of the molecule is O=C(NC1CCCCC1)c1ccc(S(=O)(=O)NCc2ccncc2)cc1. The second-order valence-corrected chi connectivity index (χ2v) is 8.28. The quantitative estimate of drug-likeness (QED) is 0.815. The normalized spacial score (nSPS) is 15.5. The third kappa shape index (κ3) is 4.89. The van der Waals surface area contributed by atoms with Crippen molar-refractivity contribution in [2.45, 2.75) is 49.6 Å². The van der Waals surface area contributed by atoms with E-state index in [2.05, 4.69) is 15.0 Å². The summed E-state index contributed by atoms with van der Waals surface area (Å²) in [4.78, 5) is 16.3. The predicted octanol–water partition coefficient (Wildman–Crippen LogP) is 2.62. The van der Waals surface area contributed by atoms with E-state index in [0.29, 0.717) is 5.56 Å². The Hall–Kier alpha value is -2.25. The van der Waals surface area contributed by atoms with Gasteiger partial charge in [0.1, 0.15) is 0 Å². The van der Waals surface area contributed by atoms with Crippen molar-refractivity contribution in [1.29, 1.82) is 0 Å². The molecule has 1 saturated carbocycles. The van der Waals surface area contributed by atoms with Crippen LogP contribution in [0.3, 0.4) is 0 Å². The van der Waals surface area contributed by atoms with E-state index in [-0.39, 0.29) is 23.4 Å². The number of pyridine rings is 1. The first-order chi connectivity index (χ1) is 12.5. The molecule has 0 unspecified atom stereocenters. The third-order valence-electron chi connectivity index (χ3n) is 4.58. The van der Waals surface area contributed by atoms with Crippen molar-refractivity contribution in [1.82, 2.24) is 15.0 Å². The monoisotopic (exact) mass is 373 g/mol. The average Bonchev–Trinajstić information content (AvgIpc) is 2.68. The van der Waals surface area contributed by atoms with Gasteiger partial charge >= 0.3 is 0 Å². The molecular formula is C19H23N3O3S. The van der Waals surface area contributed by atoms with Crippen LogP contribution in [0.25, 0.3) is 0 Å². The van der Waals surface area contributed by atoms with Gasteiger partial charge in [-0.1, -0.05) is 19.3 Å². The molecule has 138 valence electrons. The van der Waals surface area contributed by atoms with Crippen molar-refractivity contribution in [2.24, 2.45) is 0 Å². The molecule has 1 aromatic heterocycles. The minimum absolute atomic E-state index is 0.140. The van der Waals surface area contributed by atoms with Gasteiger partial charge in [-0.05, 0) is 54.8 Å². The van der Waals surface area contributed by atoms with Crippen LogP contribution in [0.2, 0.25) is 0 Å². The Morgan fingerprint density at radius 1 is 1.00 bits per heavy atom. The Balaban J connectivity index is 1.61. The van der Waals surface area contributed by atoms with Crippen molar-refractivity contribution < 1.29 is 13.2 Å². The summed E-state index contributed by atoms with van der Waals surface area (Å²) in [7, 11) is -3.63. The lowest BCUT2D eigenvalue weighted by Gasteiger charge is -2.22. The summed E-state index contributed by atoms with van der Waals surface area (Å²) in [6.07, 6.45) is 8.77. The molecule has 1 heterocycles. The first kappa shape index (κ1) is 18.5. The predicted molar refractivity (Wildman–Crippen MR) is 99.0 cm³/mol. The molecule has 7 heteroatoms. The molecule has 1 amide bonds. The molecule has 1 fully saturated rings. The summed E-state index contributed by atoms with van der Waals surface area (Å²) >= 11 is 0. The Morgan fingerprint density at radius 2 is 1.65 bits per heavy atom. The van der Waals surface area contributed by atoms with Crippen molar-refractivity contribution in [3.63, 3.8) is 0 Å². The standard InChI is InChI=1S/C19H23N3O3S/c23-19(22-17-4-2-1-3-5-17)16-6-8-18(9-7-16)26(24,25)21-14-15-10-12-20-13-11-15/h6-13,17,21H,1-5,14H2,(H,22,23). The van der Waals surface area contributed by atoms with Gasteiger partial charge in [0.15, 0.2) is 0 Å². The minimum Gasteiger partial charge on any atom is -0.349 e. The van der Waals surface area contributed by atoms with Crippen LogP contribution >= 0.6 is 0 Å². The highest BCUT2D eigenvalue weighted by Gasteiger charge is 2.18. The van der Waals surface area contributed by atoms with Gasteiger partial charge in [0.05, 0.1) is 4.90 Å². The van der Waals surface area contributed by atoms with E-state index in [1.807, 2.05) is 0 Å². The summed E-state index contributed by atoms with van der Waals surface area (Å²) in [5, 5.41) is 3.03.